The largest absolute Gasteiger partial charge is 0.455 e. The van der Waals surface area contributed by atoms with Gasteiger partial charge in [-0.3, -0.25) is 4.79 Å². The highest BCUT2D eigenvalue weighted by Gasteiger charge is 2.26. The van der Waals surface area contributed by atoms with Crippen molar-refractivity contribution in [2.24, 2.45) is 13.0 Å². The first-order valence-corrected chi connectivity index (χ1v) is 5.47. The summed E-state index contributed by atoms with van der Waals surface area (Å²) < 4.78 is 6.73. The molecule has 0 N–H and O–H groups in total. The molecular weight excluding hydrogens is 220 g/mol. The first-order valence-electron chi connectivity index (χ1n) is 5.47. The number of Topliss-reactive ketones (excluding diaryl/α,β-unsaturated/α-hetero) is 1. The quantitative estimate of drug-likeness (QED) is 0.578. The molecule has 5 nitrogen and oxygen atoms in total. The first kappa shape index (κ1) is 11.6. The maximum absolute atomic E-state index is 11.9. The summed E-state index contributed by atoms with van der Waals surface area (Å²) in [4.78, 5) is 26.8. The van der Waals surface area contributed by atoms with Crippen molar-refractivity contribution in [1.29, 1.82) is 0 Å². The molecule has 2 heterocycles. The van der Waals surface area contributed by atoms with Crippen molar-refractivity contribution in [3.63, 3.8) is 0 Å². The molecule has 0 unspecified atom stereocenters. The van der Waals surface area contributed by atoms with Crippen LogP contribution in [0.2, 0.25) is 0 Å². The van der Waals surface area contributed by atoms with Crippen LogP contribution in [0.15, 0.2) is 24.5 Å². The smallest absolute Gasteiger partial charge is 0.331 e. The van der Waals surface area contributed by atoms with Gasteiger partial charge in [0.1, 0.15) is 6.10 Å². The zero-order chi connectivity index (χ0) is 12.4. The summed E-state index contributed by atoms with van der Waals surface area (Å²) in [6.07, 6.45) is 6.42. The molecule has 90 valence electrons. The topological polar surface area (TPSA) is 61.2 Å². The van der Waals surface area contributed by atoms with Crippen molar-refractivity contribution in [1.82, 2.24) is 9.55 Å². The Labute approximate surface area is 99.1 Å². The Hall–Kier alpha value is -1.91. The number of ether oxygens (including phenoxy) is 1. The molecular formula is C12H14N2O3. The minimum atomic E-state index is -0.341. The van der Waals surface area contributed by atoms with Crippen LogP contribution in [0.25, 0.3) is 0 Å². The molecule has 0 radical (unpaired) electrons. The molecule has 1 aliphatic heterocycles. The summed E-state index contributed by atoms with van der Waals surface area (Å²) in [5.41, 5.74) is 0. The molecule has 1 aromatic rings. The highest BCUT2D eigenvalue weighted by atomic mass is 16.5. The van der Waals surface area contributed by atoms with Gasteiger partial charge >= 0.3 is 5.97 Å². The molecule has 0 saturated heterocycles. The van der Waals surface area contributed by atoms with E-state index in [2.05, 4.69) is 4.98 Å². The molecule has 17 heavy (non-hydrogen) atoms. The summed E-state index contributed by atoms with van der Waals surface area (Å²) in [5.74, 6) is 0.0136. The molecule has 1 aliphatic rings. The number of ketones is 1. The number of aryl methyl sites for hydroxylation is 1. The van der Waals surface area contributed by atoms with Gasteiger partial charge in [-0.2, -0.15) is 0 Å². The lowest BCUT2D eigenvalue weighted by molar-refractivity contribution is -0.140. The lowest BCUT2D eigenvalue weighted by atomic mass is 9.98. The zero-order valence-corrected chi connectivity index (χ0v) is 9.79. The Morgan fingerprint density at radius 3 is 2.94 bits per heavy atom. The summed E-state index contributed by atoms with van der Waals surface area (Å²) >= 11 is 0. The Morgan fingerprint density at radius 2 is 2.41 bits per heavy atom. The number of rotatable bonds is 4. The number of cyclic esters (lactones) is 1. The van der Waals surface area contributed by atoms with Gasteiger partial charge in [0.25, 0.3) is 0 Å². The molecule has 5 heteroatoms. The van der Waals surface area contributed by atoms with Crippen LogP contribution in [0.3, 0.4) is 0 Å². The van der Waals surface area contributed by atoms with Crippen LogP contribution in [-0.2, 0) is 16.6 Å². The molecule has 2 atom stereocenters. The number of aromatic nitrogens is 2. The van der Waals surface area contributed by atoms with Crippen molar-refractivity contribution in [3.8, 4) is 0 Å². The minimum Gasteiger partial charge on any atom is -0.455 e. The number of carbonyl (C=O) groups excluding carboxylic acids is 2. The van der Waals surface area contributed by atoms with Crippen LogP contribution in [0.5, 0.6) is 0 Å². The van der Waals surface area contributed by atoms with E-state index in [1.54, 1.807) is 30.1 Å². The normalized spacial score (nSPS) is 20.4. The van der Waals surface area contributed by atoms with E-state index in [9.17, 15) is 9.59 Å². The van der Waals surface area contributed by atoms with Gasteiger partial charge in [0, 0.05) is 37.9 Å². The predicted molar refractivity (Wildman–Crippen MR) is 60.3 cm³/mol. The number of esters is 1. The van der Waals surface area contributed by atoms with Gasteiger partial charge < -0.3 is 9.30 Å². The van der Waals surface area contributed by atoms with Crippen molar-refractivity contribution in [2.75, 3.05) is 0 Å². The van der Waals surface area contributed by atoms with Gasteiger partial charge in [0.05, 0.1) is 0 Å². The van der Waals surface area contributed by atoms with Crippen LogP contribution in [0.4, 0.5) is 0 Å². The Bertz CT molecular complexity index is 476. The van der Waals surface area contributed by atoms with E-state index in [-0.39, 0.29) is 23.8 Å². The number of nitrogens with zero attached hydrogens (tertiary/aromatic N) is 2. The lowest BCUT2D eigenvalue weighted by Crippen LogP contribution is -2.21. The van der Waals surface area contributed by atoms with Crippen molar-refractivity contribution >= 4 is 11.8 Å². The average molecular weight is 234 g/mol. The second-order valence-electron chi connectivity index (χ2n) is 4.23. The van der Waals surface area contributed by atoms with Crippen LogP contribution < -0.4 is 0 Å². The van der Waals surface area contributed by atoms with Crippen molar-refractivity contribution < 1.29 is 14.3 Å². The highest BCUT2D eigenvalue weighted by Crippen LogP contribution is 2.19. The first-order chi connectivity index (χ1) is 8.08. The highest BCUT2D eigenvalue weighted by molar-refractivity contribution is 5.93. The second-order valence-corrected chi connectivity index (χ2v) is 4.23. The fraction of sp³-hybridized carbons (Fsp3) is 0.417. The molecule has 1 aromatic heterocycles. The Morgan fingerprint density at radius 1 is 1.65 bits per heavy atom. The van der Waals surface area contributed by atoms with Gasteiger partial charge in [-0.15, -0.1) is 0 Å². The molecule has 2 rings (SSSR count). The second kappa shape index (κ2) is 4.53. The number of carbonyl (C=O) groups is 2. The van der Waals surface area contributed by atoms with E-state index in [4.69, 9.17) is 4.74 Å². The molecule has 0 spiro atoms. The SMILES string of the molecule is C[C@@H](CC(=O)c1nccn1C)[C@H]1C=CC(=O)O1. The minimum absolute atomic E-state index is 0.0399. The van der Waals surface area contributed by atoms with Gasteiger partial charge in [0.15, 0.2) is 11.6 Å². The van der Waals surface area contributed by atoms with Gasteiger partial charge in [-0.05, 0) is 6.08 Å². The van der Waals surface area contributed by atoms with E-state index >= 15 is 0 Å². The van der Waals surface area contributed by atoms with Crippen molar-refractivity contribution in [2.45, 2.75) is 19.4 Å². The number of hydrogen-bond donors (Lipinski definition) is 0. The third-order valence-electron chi connectivity index (χ3n) is 2.81. The summed E-state index contributed by atoms with van der Waals surface area (Å²) in [5, 5.41) is 0. The lowest BCUT2D eigenvalue weighted by Gasteiger charge is -2.16. The fourth-order valence-corrected chi connectivity index (χ4v) is 1.83. The third-order valence-corrected chi connectivity index (χ3v) is 2.81. The number of imidazole rings is 1. The summed E-state index contributed by atoms with van der Waals surface area (Å²) in [6, 6.07) is 0. The van der Waals surface area contributed by atoms with Crippen LogP contribution in [-0.4, -0.2) is 27.4 Å². The van der Waals surface area contributed by atoms with E-state index in [0.29, 0.717) is 12.2 Å². The summed E-state index contributed by atoms with van der Waals surface area (Å²) in [7, 11) is 1.78. The molecule has 0 amide bonds. The maximum atomic E-state index is 11.9. The Kier molecular flexibility index (Phi) is 3.08. The molecule has 0 bridgehead atoms. The Balaban J connectivity index is 1.98. The predicted octanol–water partition coefficient (Wildman–Crippen LogP) is 1.11. The fourth-order valence-electron chi connectivity index (χ4n) is 1.83. The van der Waals surface area contributed by atoms with Gasteiger partial charge in [-0.25, -0.2) is 9.78 Å². The number of hydrogen-bond acceptors (Lipinski definition) is 4. The standard InChI is InChI=1S/C12H14N2O3/c1-8(10-3-4-11(16)17-10)7-9(15)12-13-5-6-14(12)2/h3-6,8,10H,7H2,1-2H3/t8-,10+/m0/s1. The van der Waals surface area contributed by atoms with Gasteiger partial charge in [0.2, 0.25) is 0 Å². The average Bonchev–Trinajstić information content (AvgIpc) is 2.86. The maximum Gasteiger partial charge on any atom is 0.331 e. The van der Waals surface area contributed by atoms with Crippen LogP contribution >= 0.6 is 0 Å². The monoisotopic (exact) mass is 234 g/mol. The van der Waals surface area contributed by atoms with E-state index in [1.807, 2.05) is 6.92 Å². The van der Waals surface area contributed by atoms with Crippen LogP contribution in [0.1, 0.15) is 24.0 Å². The van der Waals surface area contributed by atoms with E-state index < -0.39 is 0 Å². The van der Waals surface area contributed by atoms with E-state index in [0.717, 1.165) is 0 Å². The summed E-state index contributed by atoms with van der Waals surface area (Å²) in [6.45, 7) is 1.88. The third kappa shape index (κ3) is 2.43. The van der Waals surface area contributed by atoms with Gasteiger partial charge in [-0.1, -0.05) is 6.92 Å². The molecule has 0 saturated carbocycles. The molecule has 0 aromatic carbocycles. The van der Waals surface area contributed by atoms with E-state index in [1.165, 1.54) is 6.08 Å². The van der Waals surface area contributed by atoms with Crippen molar-refractivity contribution in [3.05, 3.63) is 30.4 Å². The molecule has 0 fully saturated rings. The molecule has 0 aliphatic carbocycles. The zero-order valence-electron chi connectivity index (χ0n) is 9.79. The van der Waals surface area contributed by atoms with Crippen LogP contribution in [0, 0.1) is 5.92 Å².